The molecule has 0 rings (SSSR count). The third-order valence-electron chi connectivity index (χ3n) is 0.465. The highest BCUT2D eigenvalue weighted by atomic mass is 32.2. The number of nitrogens with one attached hydrogen (secondary N) is 1. The minimum Gasteiger partial charge on any atom is -0.290 e. The van der Waals surface area contributed by atoms with Crippen molar-refractivity contribution in [1.29, 1.82) is 5.26 Å². The second-order valence-corrected chi connectivity index (χ2v) is 2.89. The number of hydrogen-bond acceptors (Lipinski definition) is 4. The molecule has 0 saturated heterocycles. The van der Waals surface area contributed by atoms with Gasteiger partial charge in [-0.25, -0.2) is 8.42 Å². The molecule has 52 valence electrons. The predicted molar refractivity (Wildman–Crippen MR) is 29.5 cm³/mol. The van der Waals surface area contributed by atoms with Gasteiger partial charge < -0.3 is 0 Å². The van der Waals surface area contributed by atoms with E-state index in [1.807, 2.05) is 0 Å². The van der Waals surface area contributed by atoms with Crippen LogP contribution < -0.4 is 4.89 Å². The molecule has 0 unspecified atom stereocenters. The van der Waals surface area contributed by atoms with Crippen molar-refractivity contribution in [2.45, 2.75) is 0 Å². The summed E-state index contributed by atoms with van der Waals surface area (Å²) in [5, 5.41) is 7.90. The van der Waals surface area contributed by atoms with Gasteiger partial charge in [0.1, 0.15) is 0 Å². The second-order valence-electron chi connectivity index (χ2n) is 1.20. The van der Waals surface area contributed by atoms with Crippen LogP contribution in [0.2, 0.25) is 0 Å². The molecule has 0 aliphatic rings. The molecule has 0 fully saturated rings. The van der Waals surface area contributed by atoms with Crippen LogP contribution in [0.25, 0.3) is 0 Å². The van der Waals surface area contributed by atoms with Gasteiger partial charge in [0.05, 0.1) is 13.2 Å². The maximum atomic E-state index is 10.4. The predicted octanol–water partition coefficient (Wildman–Crippen LogP) is -1.01. The first-order valence-electron chi connectivity index (χ1n) is 2.02. The van der Waals surface area contributed by atoms with Crippen LogP contribution in [-0.2, 0) is 14.9 Å². The highest BCUT2D eigenvalue weighted by Gasteiger charge is 2.06. The van der Waals surface area contributed by atoms with Crippen LogP contribution >= 0.6 is 0 Å². The normalized spacial score (nSPS) is 10.7. The zero-order valence-corrected chi connectivity index (χ0v) is 5.60. The first-order chi connectivity index (χ1) is 4.12. The number of rotatable bonds is 3. The van der Waals surface area contributed by atoms with Crippen molar-refractivity contribution >= 4 is 10.0 Å². The molecule has 9 heavy (non-hydrogen) atoms. The SMILES string of the molecule is CONS(=O)(=O)CC#N. The van der Waals surface area contributed by atoms with Gasteiger partial charge in [-0.2, -0.15) is 5.26 Å². The Morgan fingerprint density at radius 1 is 1.78 bits per heavy atom. The standard InChI is InChI=1S/C3H6N2O3S/c1-8-5-9(6,7)3-2-4/h5H,3H2,1H3. The van der Waals surface area contributed by atoms with E-state index in [0.717, 1.165) is 7.11 Å². The fourth-order valence-corrected chi connectivity index (χ4v) is 0.724. The van der Waals surface area contributed by atoms with Gasteiger partial charge in [-0.15, -0.1) is 0 Å². The van der Waals surface area contributed by atoms with E-state index < -0.39 is 15.8 Å². The summed E-state index contributed by atoms with van der Waals surface area (Å²) in [5.74, 6) is -0.582. The van der Waals surface area contributed by atoms with Gasteiger partial charge in [-0.05, 0) is 0 Å². The van der Waals surface area contributed by atoms with E-state index in [-0.39, 0.29) is 0 Å². The topological polar surface area (TPSA) is 79.2 Å². The third kappa shape index (κ3) is 3.90. The fourth-order valence-electron chi connectivity index (χ4n) is 0.241. The lowest BCUT2D eigenvalue weighted by atomic mass is 10.9. The van der Waals surface area contributed by atoms with Crippen LogP contribution in [0.3, 0.4) is 0 Å². The number of nitrogens with zero attached hydrogens (tertiary/aromatic N) is 1. The molecule has 0 heterocycles. The third-order valence-corrected chi connectivity index (χ3v) is 1.39. The van der Waals surface area contributed by atoms with E-state index in [1.54, 1.807) is 4.89 Å². The first kappa shape index (κ1) is 8.36. The minimum absolute atomic E-state index is 0.582. The zero-order valence-electron chi connectivity index (χ0n) is 4.79. The van der Waals surface area contributed by atoms with Gasteiger partial charge >= 0.3 is 0 Å². The molecule has 0 aromatic carbocycles. The van der Waals surface area contributed by atoms with Crippen molar-refractivity contribution < 1.29 is 13.3 Å². The summed E-state index contributed by atoms with van der Waals surface area (Å²) in [6, 6.07) is 1.46. The molecule has 1 N–H and O–H groups in total. The number of sulfonamides is 1. The summed E-state index contributed by atoms with van der Waals surface area (Å²) < 4.78 is 20.7. The van der Waals surface area contributed by atoms with E-state index in [2.05, 4.69) is 4.84 Å². The summed E-state index contributed by atoms with van der Waals surface area (Å²) in [6.45, 7) is 0. The van der Waals surface area contributed by atoms with Crippen LogP contribution in [0.4, 0.5) is 0 Å². The van der Waals surface area contributed by atoms with Crippen molar-refractivity contribution in [2.75, 3.05) is 12.9 Å². The van der Waals surface area contributed by atoms with Crippen LogP contribution in [0, 0.1) is 11.3 Å². The maximum Gasteiger partial charge on any atom is 0.246 e. The molecular weight excluding hydrogens is 144 g/mol. The molecule has 0 amide bonds. The quantitative estimate of drug-likeness (QED) is 0.523. The molecule has 6 heteroatoms. The van der Waals surface area contributed by atoms with Crippen molar-refractivity contribution in [2.24, 2.45) is 0 Å². The van der Waals surface area contributed by atoms with Gasteiger partial charge in [0.25, 0.3) is 0 Å². The number of nitriles is 1. The van der Waals surface area contributed by atoms with Crippen LogP contribution in [0.15, 0.2) is 0 Å². The molecular formula is C3H6N2O3S. The number of hydrogen-bond donors (Lipinski definition) is 1. The lowest BCUT2D eigenvalue weighted by Gasteiger charge is -1.96. The summed E-state index contributed by atoms with van der Waals surface area (Å²) in [7, 11) is -2.35. The van der Waals surface area contributed by atoms with Crippen LogP contribution in [-0.4, -0.2) is 21.3 Å². The summed E-state index contributed by atoms with van der Waals surface area (Å²) in [5.41, 5.74) is 0. The van der Waals surface area contributed by atoms with Gasteiger partial charge in [0.2, 0.25) is 10.0 Å². The van der Waals surface area contributed by atoms with Gasteiger partial charge in [-0.1, -0.05) is 4.89 Å². The first-order valence-corrected chi connectivity index (χ1v) is 3.67. The average molecular weight is 150 g/mol. The summed E-state index contributed by atoms with van der Waals surface area (Å²) in [4.78, 5) is 5.74. The lowest BCUT2D eigenvalue weighted by molar-refractivity contribution is 0.153. The molecule has 5 nitrogen and oxygen atoms in total. The molecule has 0 aliphatic heterocycles. The smallest absolute Gasteiger partial charge is 0.246 e. The molecule has 0 radical (unpaired) electrons. The van der Waals surface area contributed by atoms with E-state index in [0.29, 0.717) is 0 Å². The highest BCUT2D eigenvalue weighted by molar-refractivity contribution is 7.89. The van der Waals surface area contributed by atoms with Gasteiger partial charge in [0.15, 0.2) is 5.75 Å². The van der Waals surface area contributed by atoms with Gasteiger partial charge in [0, 0.05) is 0 Å². The Hall–Kier alpha value is -0.640. The Kier molecular flexibility index (Phi) is 3.16. The minimum atomic E-state index is -3.52. The average Bonchev–Trinajstić information content (AvgIpc) is 1.64. The van der Waals surface area contributed by atoms with Crippen molar-refractivity contribution in [3.63, 3.8) is 0 Å². The van der Waals surface area contributed by atoms with E-state index in [9.17, 15) is 8.42 Å². The summed E-state index contributed by atoms with van der Waals surface area (Å²) >= 11 is 0. The van der Waals surface area contributed by atoms with E-state index in [4.69, 9.17) is 5.26 Å². The Morgan fingerprint density at radius 2 is 2.33 bits per heavy atom. The van der Waals surface area contributed by atoms with Crippen molar-refractivity contribution in [3.8, 4) is 6.07 Å². The molecule has 0 aliphatic carbocycles. The molecule has 0 aromatic rings. The summed E-state index contributed by atoms with van der Waals surface area (Å²) in [6.07, 6.45) is 0. The van der Waals surface area contributed by atoms with Gasteiger partial charge in [-0.3, -0.25) is 4.84 Å². The Morgan fingerprint density at radius 3 is 2.67 bits per heavy atom. The van der Waals surface area contributed by atoms with Crippen LogP contribution in [0.5, 0.6) is 0 Å². The Bertz CT molecular complexity index is 202. The molecule has 0 aromatic heterocycles. The Labute approximate surface area is 53.2 Å². The highest BCUT2D eigenvalue weighted by Crippen LogP contribution is 1.78. The van der Waals surface area contributed by atoms with Crippen molar-refractivity contribution in [3.05, 3.63) is 0 Å². The second kappa shape index (κ2) is 3.40. The molecule has 0 bridgehead atoms. The molecule has 0 spiro atoms. The fraction of sp³-hybridized carbons (Fsp3) is 0.667. The zero-order chi connectivity index (χ0) is 7.33. The molecule has 0 atom stereocenters. The monoisotopic (exact) mass is 150 g/mol. The largest absolute Gasteiger partial charge is 0.290 e. The van der Waals surface area contributed by atoms with E-state index >= 15 is 0 Å². The van der Waals surface area contributed by atoms with Crippen molar-refractivity contribution in [1.82, 2.24) is 4.89 Å². The molecule has 0 saturated carbocycles. The maximum absolute atomic E-state index is 10.4. The Balaban J connectivity index is 3.93. The lowest BCUT2D eigenvalue weighted by Crippen LogP contribution is -2.24. The van der Waals surface area contributed by atoms with E-state index in [1.165, 1.54) is 6.07 Å². The van der Waals surface area contributed by atoms with Crippen LogP contribution in [0.1, 0.15) is 0 Å².